The van der Waals surface area contributed by atoms with Crippen molar-refractivity contribution in [1.82, 2.24) is 14.1 Å². The molecule has 0 saturated carbocycles. The van der Waals surface area contributed by atoms with Crippen LogP contribution in [0.3, 0.4) is 0 Å². The van der Waals surface area contributed by atoms with Gasteiger partial charge in [-0.1, -0.05) is 78.9 Å². The zero-order valence-electron chi connectivity index (χ0n) is 29.2. The molecule has 0 amide bonds. The van der Waals surface area contributed by atoms with Crippen LogP contribution in [0.1, 0.15) is 0 Å². The highest BCUT2D eigenvalue weighted by atomic mass is 16.5. The van der Waals surface area contributed by atoms with Crippen molar-refractivity contribution in [2.45, 2.75) is 0 Å². The molecule has 3 aromatic heterocycles. The largest absolute Gasteiger partial charge is 0.457 e. The number of para-hydroxylation sites is 5. The fourth-order valence-electron chi connectivity index (χ4n) is 8.31. The molecule has 11 rings (SSSR count). The minimum absolute atomic E-state index is 0.706. The SMILES string of the molecule is c1ccc(N2CN(c3cccc(Oc4ccc5c6c7c8ccccc8n(-c8ccccc8)c7ccc6n(-c6ccccn6)c5c4)c3)c3ccccc32)cc1. The fourth-order valence-corrected chi connectivity index (χ4v) is 8.31. The molecular weight excluding hydrogens is 663 g/mol. The van der Waals surface area contributed by atoms with Gasteiger partial charge in [-0.2, -0.15) is 0 Å². The molecule has 0 saturated heterocycles. The maximum absolute atomic E-state index is 6.71. The van der Waals surface area contributed by atoms with Crippen molar-refractivity contribution in [2.24, 2.45) is 0 Å². The van der Waals surface area contributed by atoms with E-state index in [4.69, 9.17) is 9.72 Å². The maximum Gasteiger partial charge on any atom is 0.137 e. The van der Waals surface area contributed by atoms with Gasteiger partial charge in [-0.25, -0.2) is 4.98 Å². The topological polar surface area (TPSA) is 38.5 Å². The molecule has 0 spiro atoms. The zero-order chi connectivity index (χ0) is 35.6. The first-order valence-corrected chi connectivity index (χ1v) is 18.2. The van der Waals surface area contributed by atoms with Crippen molar-refractivity contribution >= 4 is 66.4 Å². The average molecular weight is 696 g/mol. The summed E-state index contributed by atoms with van der Waals surface area (Å²) in [6.07, 6.45) is 1.86. The summed E-state index contributed by atoms with van der Waals surface area (Å²) in [6, 6.07) is 63.8. The van der Waals surface area contributed by atoms with Crippen LogP contribution in [0, 0.1) is 0 Å². The maximum atomic E-state index is 6.71. The number of aromatic nitrogens is 3. The predicted molar refractivity (Wildman–Crippen MR) is 221 cm³/mol. The van der Waals surface area contributed by atoms with Gasteiger partial charge in [0, 0.05) is 56.9 Å². The third kappa shape index (κ3) is 4.70. The lowest BCUT2D eigenvalue weighted by molar-refractivity contribution is 0.483. The molecule has 0 unspecified atom stereocenters. The van der Waals surface area contributed by atoms with E-state index >= 15 is 0 Å². The third-order valence-electron chi connectivity index (χ3n) is 10.6. The van der Waals surface area contributed by atoms with E-state index in [-0.39, 0.29) is 0 Å². The number of ether oxygens (including phenoxy) is 1. The molecule has 0 aliphatic carbocycles. The molecule has 0 fully saturated rings. The van der Waals surface area contributed by atoms with E-state index in [0.717, 1.165) is 45.1 Å². The summed E-state index contributed by atoms with van der Waals surface area (Å²) in [5, 5.41) is 4.79. The quantitative estimate of drug-likeness (QED) is 0.174. The van der Waals surface area contributed by atoms with Crippen molar-refractivity contribution in [1.29, 1.82) is 0 Å². The van der Waals surface area contributed by atoms with E-state index < -0.39 is 0 Å². The third-order valence-corrected chi connectivity index (χ3v) is 10.6. The van der Waals surface area contributed by atoms with Gasteiger partial charge in [0.05, 0.1) is 33.4 Å². The summed E-state index contributed by atoms with van der Waals surface area (Å²) in [5.74, 6) is 2.39. The number of benzene rings is 7. The van der Waals surface area contributed by atoms with Crippen LogP contribution in [-0.4, -0.2) is 20.8 Å². The van der Waals surface area contributed by atoms with Gasteiger partial charge >= 0.3 is 0 Å². The van der Waals surface area contributed by atoms with Crippen LogP contribution in [0.5, 0.6) is 11.5 Å². The first-order chi connectivity index (χ1) is 26.8. The Hall–Kier alpha value is -7.31. The smallest absolute Gasteiger partial charge is 0.137 e. The Bertz CT molecular complexity index is 3010. The lowest BCUT2D eigenvalue weighted by atomic mass is 10.1. The van der Waals surface area contributed by atoms with Gasteiger partial charge in [-0.3, -0.25) is 4.57 Å². The van der Waals surface area contributed by atoms with Gasteiger partial charge in [0.25, 0.3) is 0 Å². The van der Waals surface area contributed by atoms with Gasteiger partial charge in [-0.05, 0) is 91.0 Å². The molecule has 256 valence electrons. The molecule has 1 aliphatic rings. The molecule has 0 bridgehead atoms. The fraction of sp³-hybridized carbons (Fsp3) is 0.0208. The van der Waals surface area contributed by atoms with Gasteiger partial charge < -0.3 is 19.1 Å². The highest BCUT2D eigenvalue weighted by Crippen LogP contribution is 2.46. The second-order valence-corrected chi connectivity index (χ2v) is 13.7. The summed E-state index contributed by atoms with van der Waals surface area (Å²) in [4.78, 5) is 9.53. The molecule has 4 heterocycles. The minimum Gasteiger partial charge on any atom is -0.457 e. The molecule has 0 atom stereocenters. The lowest BCUT2D eigenvalue weighted by Crippen LogP contribution is -2.23. The lowest BCUT2D eigenvalue weighted by Gasteiger charge is -2.22. The highest BCUT2D eigenvalue weighted by Gasteiger charge is 2.28. The van der Waals surface area contributed by atoms with Crippen molar-refractivity contribution in [2.75, 3.05) is 16.5 Å². The first kappa shape index (κ1) is 30.3. The number of hydrogen-bond acceptors (Lipinski definition) is 4. The van der Waals surface area contributed by atoms with Crippen LogP contribution in [-0.2, 0) is 0 Å². The number of hydrogen-bond donors (Lipinski definition) is 0. The zero-order valence-corrected chi connectivity index (χ0v) is 29.2. The number of pyridine rings is 1. The normalized spacial score (nSPS) is 12.7. The summed E-state index contributed by atoms with van der Waals surface area (Å²) >= 11 is 0. The Morgan fingerprint density at radius 2 is 1.02 bits per heavy atom. The monoisotopic (exact) mass is 695 g/mol. The van der Waals surface area contributed by atoms with Crippen LogP contribution < -0.4 is 14.5 Å². The summed E-state index contributed by atoms with van der Waals surface area (Å²) in [6.45, 7) is 0.706. The minimum atomic E-state index is 0.706. The van der Waals surface area contributed by atoms with E-state index in [1.54, 1.807) is 0 Å². The molecule has 10 aromatic rings. The highest BCUT2D eigenvalue weighted by molar-refractivity contribution is 6.29. The molecule has 1 aliphatic heterocycles. The Balaban J connectivity index is 1.05. The van der Waals surface area contributed by atoms with Gasteiger partial charge in [0.15, 0.2) is 0 Å². The van der Waals surface area contributed by atoms with Crippen LogP contribution in [0.2, 0.25) is 0 Å². The van der Waals surface area contributed by atoms with Crippen LogP contribution in [0.4, 0.5) is 22.7 Å². The first-order valence-electron chi connectivity index (χ1n) is 18.2. The number of nitrogens with zero attached hydrogens (tertiary/aromatic N) is 5. The van der Waals surface area contributed by atoms with Crippen molar-refractivity contribution in [3.8, 4) is 23.0 Å². The molecule has 6 nitrogen and oxygen atoms in total. The van der Waals surface area contributed by atoms with E-state index in [0.29, 0.717) is 6.67 Å². The van der Waals surface area contributed by atoms with Crippen molar-refractivity contribution in [3.05, 3.63) is 188 Å². The predicted octanol–water partition coefficient (Wildman–Crippen LogP) is 12.3. The van der Waals surface area contributed by atoms with E-state index in [9.17, 15) is 0 Å². The van der Waals surface area contributed by atoms with Crippen molar-refractivity contribution in [3.63, 3.8) is 0 Å². The Labute approximate surface area is 311 Å². The number of rotatable bonds is 6. The second-order valence-electron chi connectivity index (χ2n) is 13.7. The van der Waals surface area contributed by atoms with E-state index in [1.807, 2.05) is 24.4 Å². The van der Waals surface area contributed by atoms with Crippen molar-refractivity contribution < 1.29 is 4.74 Å². The Morgan fingerprint density at radius 1 is 0.407 bits per heavy atom. The molecule has 6 heteroatoms. The Morgan fingerprint density at radius 3 is 1.78 bits per heavy atom. The van der Waals surface area contributed by atoms with Gasteiger partial charge in [0.2, 0.25) is 0 Å². The summed E-state index contributed by atoms with van der Waals surface area (Å²) in [5.41, 5.74) is 10.2. The molecule has 7 aromatic carbocycles. The number of fused-ring (bicyclic) bond motifs is 8. The van der Waals surface area contributed by atoms with Gasteiger partial charge in [0.1, 0.15) is 24.0 Å². The van der Waals surface area contributed by atoms with Crippen LogP contribution in [0.15, 0.2) is 188 Å². The van der Waals surface area contributed by atoms with E-state index in [1.165, 1.54) is 44.3 Å². The van der Waals surface area contributed by atoms with E-state index in [2.05, 4.69) is 183 Å². The second kappa shape index (κ2) is 12.1. The summed E-state index contributed by atoms with van der Waals surface area (Å²) in [7, 11) is 0. The standard InChI is InChI=1S/C48H33N5O/c1-3-14-33(15-4-1)50-32-51(42-23-10-9-22-41(42)50)35-18-13-19-36(30-35)54-37-25-26-39-45(31-37)53(46-24-11-12-29-49-46)44-28-27-43-47(48(39)44)38-20-7-8-21-40(38)52(43)34-16-5-2-6-17-34/h1-31H,32H2. The molecule has 0 N–H and O–H groups in total. The Kier molecular flexibility index (Phi) is 6.82. The average Bonchev–Trinajstić information content (AvgIpc) is 3.90. The molecule has 54 heavy (non-hydrogen) atoms. The summed E-state index contributed by atoms with van der Waals surface area (Å²) < 4.78 is 11.4. The molecular formula is C48H33N5O. The van der Waals surface area contributed by atoms with Gasteiger partial charge in [-0.15, -0.1) is 0 Å². The molecule has 0 radical (unpaired) electrons. The van der Waals surface area contributed by atoms with Crippen LogP contribution in [0.25, 0.3) is 55.1 Å². The van der Waals surface area contributed by atoms with Crippen LogP contribution >= 0.6 is 0 Å². The number of anilines is 4.